The molecular weight excluding hydrogens is 482 g/mol. The molecule has 194 valence electrons. The number of nitrogens with one attached hydrogen (secondary N) is 1. The molecule has 11 heteroatoms. The summed E-state index contributed by atoms with van der Waals surface area (Å²) in [5, 5.41) is 14.6. The molecule has 0 fully saturated rings. The monoisotopic (exact) mass is 509 g/mol. The summed E-state index contributed by atoms with van der Waals surface area (Å²) in [5.41, 5.74) is 0.789. The van der Waals surface area contributed by atoms with Crippen LogP contribution in [0.15, 0.2) is 54.7 Å². The number of non-ortho nitro benzene ring substituents is 1. The zero-order chi connectivity index (χ0) is 27.2. The Labute approximate surface area is 212 Å². The minimum Gasteiger partial charge on any atom is -0.469 e. The van der Waals surface area contributed by atoms with Crippen molar-refractivity contribution in [1.29, 1.82) is 0 Å². The van der Waals surface area contributed by atoms with Crippen LogP contribution in [0.2, 0.25) is 0 Å². The number of hydrogen-bond acceptors (Lipinski definition) is 8. The zero-order valence-electron chi connectivity index (χ0n) is 20.8. The highest BCUT2D eigenvalue weighted by atomic mass is 16.6. The van der Waals surface area contributed by atoms with E-state index < -0.39 is 28.7 Å². The van der Waals surface area contributed by atoms with E-state index in [0.717, 1.165) is 0 Å². The maximum atomic E-state index is 12.7. The minimum absolute atomic E-state index is 0.0277. The summed E-state index contributed by atoms with van der Waals surface area (Å²) >= 11 is 0. The number of ether oxygens (including phenoxy) is 3. The predicted octanol–water partition coefficient (Wildman–Crippen LogP) is 3.56. The quantitative estimate of drug-likeness (QED) is 0.270. The molecule has 37 heavy (non-hydrogen) atoms. The van der Waals surface area contributed by atoms with Crippen LogP contribution in [-0.4, -0.2) is 40.7 Å². The van der Waals surface area contributed by atoms with E-state index in [2.05, 4.69) is 5.32 Å². The molecule has 3 rings (SSSR count). The molecule has 2 aromatic rings. The van der Waals surface area contributed by atoms with Gasteiger partial charge in [-0.1, -0.05) is 6.07 Å². The van der Waals surface area contributed by atoms with E-state index in [1.807, 2.05) is 0 Å². The third-order valence-electron chi connectivity index (χ3n) is 5.04. The number of nitrogens with zero attached hydrogens (tertiary/aromatic N) is 2. The van der Waals surface area contributed by atoms with Gasteiger partial charge in [0.15, 0.2) is 0 Å². The molecule has 0 unspecified atom stereocenters. The van der Waals surface area contributed by atoms with Gasteiger partial charge in [0.2, 0.25) is 0 Å². The summed E-state index contributed by atoms with van der Waals surface area (Å²) < 4.78 is 15.5. The number of amides is 2. The summed E-state index contributed by atoms with van der Waals surface area (Å²) in [6.07, 6.45) is 3.28. The Morgan fingerprint density at radius 1 is 1.08 bits per heavy atom. The van der Waals surface area contributed by atoms with Gasteiger partial charge in [-0.25, -0.2) is 9.59 Å². The largest absolute Gasteiger partial charge is 0.469 e. The number of allylic oxidation sites excluding steroid dienone is 1. The topological polar surface area (TPSA) is 137 Å². The molecule has 2 aromatic carbocycles. The van der Waals surface area contributed by atoms with Crippen LogP contribution in [0.1, 0.15) is 32.8 Å². The molecule has 0 aliphatic carbocycles. The molecule has 0 radical (unpaired) electrons. The maximum absolute atomic E-state index is 12.7. The predicted molar refractivity (Wildman–Crippen MR) is 134 cm³/mol. The average Bonchev–Trinajstić information content (AvgIpc) is 3.01. The Bertz CT molecular complexity index is 1360. The number of hydrogen-bond donors (Lipinski definition) is 1. The molecule has 1 heterocycles. The molecule has 2 amide bonds. The number of carbonyl (C=O) groups is 3. The number of methoxy groups -OCH3 is 1. The number of benzene rings is 2. The lowest BCUT2D eigenvalue weighted by molar-refractivity contribution is -0.384. The van der Waals surface area contributed by atoms with Crippen molar-refractivity contribution in [3.05, 3.63) is 80.9 Å². The van der Waals surface area contributed by atoms with Gasteiger partial charge in [-0.2, -0.15) is 0 Å². The number of rotatable bonds is 6. The molecule has 0 saturated heterocycles. The van der Waals surface area contributed by atoms with Gasteiger partial charge in [0.1, 0.15) is 12.2 Å². The number of fused-ring (bicyclic) bond motifs is 1. The Kier molecular flexibility index (Phi) is 8.28. The minimum atomic E-state index is -0.743. The van der Waals surface area contributed by atoms with E-state index in [4.69, 9.17) is 14.2 Å². The van der Waals surface area contributed by atoms with Gasteiger partial charge in [0, 0.05) is 35.4 Å². The Morgan fingerprint density at radius 2 is 1.78 bits per heavy atom. The number of anilines is 1. The fourth-order valence-corrected chi connectivity index (χ4v) is 3.32. The van der Waals surface area contributed by atoms with Crippen molar-refractivity contribution >= 4 is 41.3 Å². The van der Waals surface area contributed by atoms with E-state index in [1.54, 1.807) is 45.0 Å². The lowest BCUT2D eigenvalue weighted by Crippen LogP contribution is -2.34. The van der Waals surface area contributed by atoms with Crippen molar-refractivity contribution < 1.29 is 33.5 Å². The fraction of sp³-hybridized carbons (Fsp3) is 0.269. The average molecular weight is 510 g/mol. The lowest BCUT2D eigenvalue weighted by Gasteiger charge is -2.23. The second-order valence-corrected chi connectivity index (χ2v) is 9.04. The molecular formula is C26H27N3O8. The molecule has 11 nitrogen and oxygen atoms in total. The van der Waals surface area contributed by atoms with Gasteiger partial charge < -0.3 is 14.2 Å². The first-order chi connectivity index (χ1) is 17.4. The first-order valence-electron chi connectivity index (χ1n) is 11.2. The van der Waals surface area contributed by atoms with Crippen molar-refractivity contribution in [2.75, 3.05) is 12.4 Å². The fourth-order valence-electron chi connectivity index (χ4n) is 3.32. The van der Waals surface area contributed by atoms with Crippen molar-refractivity contribution in [2.45, 2.75) is 39.4 Å². The molecule has 0 bridgehead atoms. The highest BCUT2D eigenvalue weighted by molar-refractivity contribution is 5.86. The van der Waals surface area contributed by atoms with Gasteiger partial charge >= 0.3 is 18.2 Å². The van der Waals surface area contributed by atoms with Crippen molar-refractivity contribution in [3.8, 4) is 0 Å². The standard InChI is InChI=1S/C26H27N3O8/c1-26(2,3)37-25(32)28-12-11-18(14-23(30)35-4)22-10-7-20(13-19(22)15-28)27-24(31)36-16-17-5-8-21(9-6-17)29(33)34/h5-13,15H,14,16H2,1-4H3,(H,27,31). The Hall–Kier alpha value is -4.67. The summed E-state index contributed by atoms with van der Waals surface area (Å²) in [7, 11) is 1.29. The summed E-state index contributed by atoms with van der Waals surface area (Å²) in [5.74, 6) is -0.451. The molecule has 0 saturated carbocycles. The normalized spacial score (nSPS) is 12.5. The first kappa shape index (κ1) is 26.9. The van der Waals surface area contributed by atoms with Crippen molar-refractivity contribution in [1.82, 2.24) is 4.90 Å². The molecule has 0 aromatic heterocycles. The van der Waals surface area contributed by atoms with Crippen molar-refractivity contribution in [2.24, 2.45) is 0 Å². The van der Waals surface area contributed by atoms with Crippen LogP contribution in [0.4, 0.5) is 21.0 Å². The number of esters is 1. The van der Waals surface area contributed by atoms with E-state index in [0.29, 0.717) is 27.3 Å². The molecule has 0 spiro atoms. The number of nitro groups is 1. The van der Waals surface area contributed by atoms with Crippen LogP contribution in [0.3, 0.4) is 0 Å². The van der Waals surface area contributed by atoms with E-state index in [-0.39, 0.29) is 18.7 Å². The second kappa shape index (κ2) is 11.4. The lowest BCUT2D eigenvalue weighted by atomic mass is 10.1. The number of carbonyl (C=O) groups excluding carboxylic acids is 3. The van der Waals surface area contributed by atoms with Gasteiger partial charge in [-0.3, -0.25) is 25.1 Å². The van der Waals surface area contributed by atoms with Gasteiger partial charge in [-0.15, -0.1) is 0 Å². The zero-order valence-corrected chi connectivity index (χ0v) is 20.8. The van der Waals surface area contributed by atoms with Crippen LogP contribution in [0.5, 0.6) is 0 Å². The SMILES string of the molecule is COC(=O)CC1=c2ccc(NC(=O)OCc3ccc([N+](=O)[O-])cc3)cc2=CN(C(=O)OC(C)(C)C)C=C1. The van der Waals surface area contributed by atoms with E-state index >= 15 is 0 Å². The van der Waals surface area contributed by atoms with Gasteiger partial charge in [-0.05, 0) is 67.5 Å². The molecule has 0 atom stereocenters. The van der Waals surface area contributed by atoms with Gasteiger partial charge in [0.05, 0.1) is 18.5 Å². The summed E-state index contributed by atoms with van der Waals surface area (Å²) in [6, 6.07) is 10.6. The summed E-state index contributed by atoms with van der Waals surface area (Å²) in [6.45, 7) is 5.16. The Morgan fingerprint density at radius 3 is 2.41 bits per heavy atom. The van der Waals surface area contributed by atoms with Crippen LogP contribution >= 0.6 is 0 Å². The maximum Gasteiger partial charge on any atom is 0.418 e. The third kappa shape index (κ3) is 7.66. The molecule has 1 aliphatic heterocycles. The van der Waals surface area contributed by atoms with Crippen LogP contribution in [0.25, 0.3) is 11.8 Å². The van der Waals surface area contributed by atoms with Gasteiger partial charge in [0.25, 0.3) is 5.69 Å². The van der Waals surface area contributed by atoms with Crippen LogP contribution in [0, 0.1) is 10.1 Å². The highest BCUT2D eigenvalue weighted by Gasteiger charge is 2.21. The molecule has 1 N–H and O–H groups in total. The highest BCUT2D eigenvalue weighted by Crippen LogP contribution is 2.15. The van der Waals surface area contributed by atoms with Crippen LogP contribution < -0.4 is 15.8 Å². The number of nitro benzene ring substituents is 1. The first-order valence-corrected chi connectivity index (χ1v) is 11.2. The van der Waals surface area contributed by atoms with Crippen LogP contribution in [-0.2, 0) is 25.6 Å². The Balaban J connectivity index is 1.83. The van der Waals surface area contributed by atoms with Crippen molar-refractivity contribution in [3.63, 3.8) is 0 Å². The summed E-state index contributed by atoms with van der Waals surface area (Å²) in [4.78, 5) is 48.5. The second-order valence-electron chi connectivity index (χ2n) is 9.04. The van der Waals surface area contributed by atoms with E-state index in [1.165, 1.54) is 48.7 Å². The van der Waals surface area contributed by atoms with E-state index in [9.17, 15) is 24.5 Å². The third-order valence-corrected chi connectivity index (χ3v) is 5.04. The smallest absolute Gasteiger partial charge is 0.418 e. The molecule has 1 aliphatic rings.